The molecule has 0 aliphatic carbocycles. The summed E-state index contributed by atoms with van der Waals surface area (Å²) in [5.74, 6) is 0. The first kappa shape index (κ1) is 15.9. The van der Waals surface area contributed by atoms with Gasteiger partial charge in [0.15, 0.2) is 0 Å². The van der Waals surface area contributed by atoms with Crippen LogP contribution in [0.2, 0.25) is 0 Å². The number of fused-ring (bicyclic) bond motifs is 3. The summed E-state index contributed by atoms with van der Waals surface area (Å²) in [6, 6.07) is 22.1. The smallest absolute Gasteiger partial charge is 0.220 e. The van der Waals surface area contributed by atoms with Gasteiger partial charge in [-0.15, -0.1) is 0 Å². The van der Waals surface area contributed by atoms with E-state index >= 15 is 0 Å². The Labute approximate surface area is 150 Å². The van der Waals surface area contributed by atoms with Crippen molar-refractivity contribution in [3.05, 3.63) is 77.2 Å². The van der Waals surface area contributed by atoms with Crippen LogP contribution in [0.4, 0.5) is 11.4 Å². The van der Waals surface area contributed by atoms with Gasteiger partial charge in [0.05, 0.1) is 10.8 Å². The number of nitrogens with two attached hydrogens (primary N) is 1. The highest BCUT2D eigenvalue weighted by atomic mass is 15.1. The summed E-state index contributed by atoms with van der Waals surface area (Å²) in [5.41, 5.74) is 19.5. The summed E-state index contributed by atoms with van der Waals surface area (Å²) >= 11 is 0. The lowest BCUT2D eigenvalue weighted by molar-refractivity contribution is -0.655. The summed E-state index contributed by atoms with van der Waals surface area (Å²) in [4.78, 5) is 2.93. The Morgan fingerprint density at radius 1 is 0.962 bits per heavy atom. The zero-order valence-electron chi connectivity index (χ0n) is 14.4. The van der Waals surface area contributed by atoms with Crippen molar-refractivity contribution in [3.63, 3.8) is 0 Å². The van der Waals surface area contributed by atoms with Crippen LogP contribution in [0.15, 0.2) is 71.8 Å². The van der Waals surface area contributed by atoms with Gasteiger partial charge in [-0.1, -0.05) is 35.4 Å². The molecule has 5 heteroatoms. The fourth-order valence-corrected chi connectivity index (χ4v) is 3.58. The second-order valence-corrected chi connectivity index (χ2v) is 6.15. The third kappa shape index (κ3) is 2.51. The van der Waals surface area contributed by atoms with Gasteiger partial charge in [0.25, 0.3) is 0 Å². The highest BCUT2D eigenvalue weighted by Gasteiger charge is 2.22. The number of rotatable bonds is 3. The number of nitrogen functional groups attached to an aromatic ring is 1. The molecule has 5 nitrogen and oxygen atoms in total. The lowest BCUT2D eigenvalue weighted by Gasteiger charge is -2.12. The van der Waals surface area contributed by atoms with Crippen molar-refractivity contribution in [2.45, 2.75) is 13.5 Å². The molecule has 0 unspecified atom stereocenters. The van der Waals surface area contributed by atoms with Crippen LogP contribution in [0, 0.1) is 0 Å². The molecule has 0 saturated carbocycles. The zero-order chi connectivity index (χ0) is 18.1. The van der Waals surface area contributed by atoms with E-state index in [1.54, 1.807) is 0 Å². The summed E-state index contributed by atoms with van der Waals surface area (Å²) in [6.07, 6.45) is 0. The molecule has 0 atom stereocenters. The molecule has 2 N–H and O–H groups in total. The Morgan fingerprint density at radius 3 is 2.46 bits per heavy atom. The predicted octanol–water partition coefficient (Wildman–Crippen LogP) is 5.49. The number of aromatic nitrogens is 1. The van der Waals surface area contributed by atoms with Crippen molar-refractivity contribution in [1.82, 2.24) is 0 Å². The van der Waals surface area contributed by atoms with E-state index in [1.807, 2.05) is 48.5 Å². The van der Waals surface area contributed by atoms with Gasteiger partial charge < -0.3 is 5.73 Å². The minimum Gasteiger partial charge on any atom is -0.399 e. The van der Waals surface area contributed by atoms with Gasteiger partial charge in [-0.3, -0.25) is 0 Å². The number of anilines is 1. The molecule has 0 saturated heterocycles. The van der Waals surface area contributed by atoms with E-state index in [2.05, 4.69) is 39.7 Å². The van der Waals surface area contributed by atoms with Crippen LogP contribution in [0.1, 0.15) is 6.92 Å². The number of nitrogens with zero attached hydrogens (tertiary/aromatic N) is 4. The maximum absolute atomic E-state index is 8.82. The van der Waals surface area contributed by atoms with Crippen molar-refractivity contribution in [2.75, 3.05) is 5.73 Å². The number of hydrogen-bond donors (Lipinski definition) is 1. The van der Waals surface area contributed by atoms with Crippen LogP contribution < -0.4 is 10.3 Å². The minimum atomic E-state index is 0.606. The van der Waals surface area contributed by atoms with E-state index < -0.39 is 0 Å². The van der Waals surface area contributed by atoms with Crippen LogP contribution in [0.3, 0.4) is 0 Å². The minimum absolute atomic E-state index is 0.606. The number of benzene rings is 3. The second kappa shape index (κ2) is 6.39. The SMILES string of the molecule is CC[n+]1c(-c2ccccc2)c2cc(N=[N+]=[N-])ccc2c2ccc(N)cc21. The van der Waals surface area contributed by atoms with Crippen molar-refractivity contribution in [3.8, 4) is 11.3 Å². The van der Waals surface area contributed by atoms with Crippen molar-refractivity contribution < 1.29 is 4.57 Å². The largest absolute Gasteiger partial charge is 0.399 e. The lowest BCUT2D eigenvalue weighted by Crippen LogP contribution is -2.36. The quantitative estimate of drug-likeness (QED) is 0.131. The van der Waals surface area contributed by atoms with Gasteiger partial charge in [0, 0.05) is 33.3 Å². The summed E-state index contributed by atoms with van der Waals surface area (Å²) in [7, 11) is 0. The summed E-state index contributed by atoms with van der Waals surface area (Å²) < 4.78 is 2.27. The third-order valence-electron chi connectivity index (χ3n) is 4.65. The van der Waals surface area contributed by atoms with Crippen molar-refractivity contribution in [1.29, 1.82) is 0 Å². The van der Waals surface area contributed by atoms with Crippen LogP contribution in [0.5, 0.6) is 0 Å². The van der Waals surface area contributed by atoms with E-state index in [0.29, 0.717) is 5.69 Å². The summed E-state index contributed by atoms with van der Waals surface area (Å²) in [5, 5.41) is 7.09. The fraction of sp³-hybridized carbons (Fsp3) is 0.0952. The Bertz CT molecular complexity index is 1180. The Hall–Kier alpha value is -3.56. The van der Waals surface area contributed by atoms with Crippen LogP contribution in [-0.2, 0) is 6.54 Å². The molecule has 0 aliphatic heterocycles. The molecule has 4 rings (SSSR count). The van der Waals surface area contributed by atoms with E-state index in [0.717, 1.165) is 45.2 Å². The first-order chi connectivity index (χ1) is 12.7. The van der Waals surface area contributed by atoms with Crippen molar-refractivity contribution >= 4 is 33.1 Å². The van der Waals surface area contributed by atoms with Crippen molar-refractivity contribution in [2.24, 2.45) is 5.11 Å². The molecule has 0 bridgehead atoms. The lowest BCUT2D eigenvalue weighted by atomic mass is 9.98. The normalized spacial score (nSPS) is 10.8. The van der Waals surface area contributed by atoms with Gasteiger partial charge in [0.1, 0.15) is 6.54 Å². The van der Waals surface area contributed by atoms with E-state index in [-0.39, 0.29) is 0 Å². The molecule has 1 heterocycles. The van der Waals surface area contributed by atoms with Gasteiger partial charge in [-0.05, 0) is 42.8 Å². The monoisotopic (exact) mass is 340 g/mol. The molecule has 26 heavy (non-hydrogen) atoms. The molecular weight excluding hydrogens is 322 g/mol. The Balaban J connectivity index is 2.25. The molecule has 0 aliphatic rings. The highest BCUT2D eigenvalue weighted by Crippen LogP contribution is 2.34. The molecule has 0 spiro atoms. The number of azide groups is 1. The molecular formula is C21H18N5+. The molecule has 3 aromatic carbocycles. The average Bonchev–Trinajstić information content (AvgIpc) is 2.67. The molecule has 126 valence electrons. The molecule has 0 radical (unpaired) electrons. The number of pyridine rings is 1. The Morgan fingerprint density at radius 2 is 1.73 bits per heavy atom. The van der Waals surface area contributed by atoms with Gasteiger partial charge >= 0.3 is 0 Å². The van der Waals surface area contributed by atoms with E-state index in [1.165, 1.54) is 0 Å². The first-order valence-corrected chi connectivity index (χ1v) is 8.52. The van der Waals surface area contributed by atoms with Gasteiger partial charge in [-0.25, -0.2) is 0 Å². The summed E-state index contributed by atoms with van der Waals surface area (Å²) in [6.45, 7) is 2.92. The highest BCUT2D eigenvalue weighted by molar-refractivity contribution is 6.10. The van der Waals surface area contributed by atoms with Gasteiger partial charge in [-0.2, -0.15) is 4.57 Å². The average molecular weight is 340 g/mol. The second-order valence-electron chi connectivity index (χ2n) is 6.15. The molecule has 0 fully saturated rings. The predicted molar refractivity (Wildman–Crippen MR) is 106 cm³/mol. The number of hydrogen-bond acceptors (Lipinski definition) is 2. The number of aryl methyl sites for hydroxylation is 1. The van der Waals surface area contributed by atoms with Crippen LogP contribution >= 0.6 is 0 Å². The van der Waals surface area contributed by atoms with E-state index in [4.69, 9.17) is 11.3 Å². The molecule has 0 amide bonds. The molecule has 4 aromatic rings. The third-order valence-corrected chi connectivity index (χ3v) is 4.65. The van der Waals surface area contributed by atoms with Crippen LogP contribution in [0.25, 0.3) is 43.4 Å². The first-order valence-electron chi connectivity index (χ1n) is 8.52. The fourth-order valence-electron chi connectivity index (χ4n) is 3.58. The Kier molecular flexibility index (Phi) is 3.92. The van der Waals surface area contributed by atoms with E-state index in [9.17, 15) is 0 Å². The standard InChI is InChI=1S/C21H17N5/c1-2-26-20-12-15(22)8-10-18(20)17-11-9-16(24-25-23)13-19(17)21(26)14-6-4-3-5-7-14/h3-13,22H,2H2,1H3/p+1. The molecule has 1 aromatic heterocycles. The van der Waals surface area contributed by atoms with Gasteiger partial charge in [0.2, 0.25) is 11.2 Å². The zero-order valence-corrected chi connectivity index (χ0v) is 14.4. The maximum atomic E-state index is 8.82. The maximum Gasteiger partial charge on any atom is 0.220 e. The van der Waals surface area contributed by atoms with Crippen LogP contribution in [-0.4, -0.2) is 0 Å². The topological polar surface area (TPSA) is 78.7 Å².